The molecule has 1 amide bonds. The van der Waals surface area contributed by atoms with E-state index in [-0.39, 0.29) is 4.90 Å². The summed E-state index contributed by atoms with van der Waals surface area (Å²) in [6, 6.07) is 17.7. The second-order valence-electron chi connectivity index (χ2n) is 6.36. The number of anilines is 2. The SMILES string of the molecule is Cc1ccc(N(CC(=O)Nc2ccc(F)cc2)S(=O)(=O)c2ccc(Cl)cc2)cc1. The summed E-state index contributed by atoms with van der Waals surface area (Å²) in [7, 11) is -4.02. The van der Waals surface area contributed by atoms with Crippen LogP contribution in [0.2, 0.25) is 5.02 Å². The van der Waals surface area contributed by atoms with Crippen molar-refractivity contribution >= 4 is 38.9 Å². The lowest BCUT2D eigenvalue weighted by atomic mass is 10.2. The first-order chi connectivity index (χ1) is 13.8. The number of hydrogen-bond donors (Lipinski definition) is 1. The van der Waals surface area contributed by atoms with E-state index in [4.69, 9.17) is 11.6 Å². The highest BCUT2D eigenvalue weighted by Crippen LogP contribution is 2.25. The van der Waals surface area contributed by atoms with Gasteiger partial charge in [0.2, 0.25) is 5.91 Å². The van der Waals surface area contributed by atoms with E-state index in [0.29, 0.717) is 16.4 Å². The van der Waals surface area contributed by atoms with Crippen LogP contribution in [0.15, 0.2) is 77.7 Å². The van der Waals surface area contributed by atoms with Gasteiger partial charge in [0.15, 0.2) is 0 Å². The van der Waals surface area contributed by atoms with Gasteiger partial charge in [-0.05, 0) is 67.6 Å². The largest absolute Gasteiger partial charge is 0.325 e. The summed E-state index contributed by atoms with van der Waals surface area (Å²) < 4.78 is 40.5. The lowest BCUT2D eigenvalue weighted by molar-refractivity contribution is -0.114. The number of carbonyl (C=O) groups is 1. The van der Waals surface area contributed by atoms with Crippen LogP contribution in [0, 0.1) is 12.7 Å². The van der Waals surface area contributed by atoms with E-state index in [2.05, 4.69) is 5.32 Å². The maximum absolute atomic E-state index is 13.2. The highest BCUT2D eigenvalue weighted by atomic mass is 35.5. The first kappa shape index (κ1) is 20.8. The summed E-state index contributed by atoms with van der Waals surface area (Å²) in [5.74, 6) is -0.996. The van der Waals surface area contributed by atoms with Gasteiger partial charge in [0.1, 0.15) is 12.4 Å². The third kappa shape index (κ3) is 5.13. The van der Waals surface area contributed by atoms with Crippen molar-refractivity contribution in [1.29, 1.82) is 0 Å². The van der Waals surface area contributed by atoms with Gasteiger partial charge in [-0.15, -0.1) is 0 Å². The van der Waals surface area contributed by atoms with Crippen LogP contribution < -0.4 is 9.62 Å². The van der Waals surface area contributed by atoms with Crippen LogP contribution >= 0.6 is 11.6 Å². The second-order valence-corrected chi connectivity index (χ2v) is 8.65. The molecule has 0 spiro atoms. The van der Waals surface area contributed by atoms with Crippen LogP contribution in [-0.4, -0.2) is 20.9 Å². The molecule has 3 aromatic carbocycles. The molecule has 150 valence electrons. The van der Waals surface area contributed by atoms with Gasteiger partial charge in [0.05, 0.1) is 10.6 Å². The molecule has 0 radical (unpaired) electrons. The van der Waals surface area contributed by atoms with E-state index in [9.17, 15) is 17.6 Å². The topological polar surface area (TPSA) is 66.5 Å². The van der Waals surface area contributed by atoms with E-state index < -0.39 is 28.3 Å². The van der Waals surface area contributed by atoms with Crippen LogP contribution in [0.5, 0.6) is 0 Å². The Morgan fingerprint density at radius 1 is 0.966 bits per heavy atom. The Morgan fingerprint density at radius 2 is 1.55 bits per heavy atom. The van der Waals surface area contributed by atoms with E-state index in [0.717, 1.165) is 9.87 Å². The first-order valence-corrected chi connectivity index (χ1v) is 10.5. The zero-order valence-corrected chi connectivity index (χ0v) is 17.0. The van der Waals surface area contributed by atoms with Crippen LogP contribution in [0.1, 0.15) is 5.56 Å². The zero-order valence-electron chi connectivity index (χ0n) is 15.5. The number of sulfonamides is 1. The number of amides is 1. The summed E-state index contributed by atoms with van der Waals surface area (Å²) in [5.41, 5.74) is 1.66. The molecule has 1 N–H and O–H groups in total. The summed E-state index contributed by atoms with van der Waals surface area (Å²) in [4.78, 5) is 12.6. The van der Waals surface area contributed by atoms with Crippen molar-refractivity contribution in [2.45, 2.75) is 11.8 Å². The van der Waals surface area contributed by atoms with Gasteiger partial charge in [-0.1, -0.05) is 29.3 Å². The minimum atomic E-state index is -4.02. The van der Waals surface area contributed by atoms with Crippen LogP contribution in [0.25, 0.3) is 0 Å². The first-order valence-electron chi connectivity index (χ1n) is 8.66. The molecule has 8 heteroatoms. The third-order valence-electron chi connectivity index (χ3n) is 4.14. The van der Waals surface area contributed by atoms with Gasteiger partial charge in [-0.3, -0.25) is 9.10 Å². The van der Waals surface area contributed by atoms with E-state index >= 15 is 0 Å². The van der Waals surface area contributed by atoms with Crippen molar-refractivity contribution in [3.05, 3.63) is 89.2 Å². The number of aryl methyl sites for hydroxylation is 1. The number of carbonyl (C=O) groups excluding carboxylic acids is 1. The molecular formula is C21H18ClFN2O3S. The molecule has 0 unspecified atom stereocenters. The molecule has 0 saturated carbocycles. The molecular weight excluding hydrogens is 415 g/mol. The summed E-state index contributed by atoms with van der Waals surface area (Å²) in [6.07, 6.45) is 0. The quantitative estimate of drug-likeness (QED) is 0.618. The average Bonchev–Trinajstić information content (AvgIpc) is 2.69. The molecule has 5 nitrogen and oxygen atoms in total. The van der Waals surface area contributed by atoms with Crippen molar-refractivity contribution in [3.63, 3.8) is 0 Å². The maximum atomic E-state index is 13.2. The fourth-order valence-corrected chi connectivity index (χ4v) is 4.17. The van der Waals surface area contributed by atoms with Gasteiger partial charge >= 0.3 is 0 Å². The van der Waals surface area contributed by atoms with E-state index in [1.54, 1.807) is 24.3 Å². The average molecular weight is 433 g/mol. The smallest absolute Gasteiger partial charge is 0.264 e. The Balaban J connectivity index is 1.92. The van der Waals surface area contributed by atoms with Crippen molar-refractivity contribution < 1.29 is 17.6 Å². The van der Waals surface area contributed by atoms with Crippen molar-refractivity contribution in [2.75, 3.05) is 16.2 Å². The highest BCUT2D eigenvalue weighted by Gasteiger charge is 2.27. The number of nitrogens with zero attached hydrogens (tertiary/aromatic N) is 1. The number of hydrogen-bond acceptors (Lipinski definition) is 3. The number of rotatable bonds is 6. The van der Waals surface area contributed by atoms with E-state index in [1.165, 1.54) is 48.5 Å². The summed E-state index contributed by atoms with van der Waals surface area (Å²) in [6.45, 7) is 1.43. The number of nitrogens with one attached hydrogen (secondary N) is 1. The fraction of sp³-hybridized carbons (Fsp3) is 0.0952. The molecule has 29 heavy (non-hydrogen) atoms. The minimum absolute atomic E-state index is 0.0112. The lowest BCUT2D eigenvalue weighted by Crippen LogP contribution is -2.38. The standard InChI is InChI=1S/C21H18ClFN2O3S/c1-15-2-10-19(11-3-15)25(29(27,28)20-12-4-16(22)5-13-20)14-21(26)24-18-8-6-17(23)7-9-18/h2-13H,14H2,1H3,(H,24,26). The Bertz CT molecular complexity index is 1100. The predicted octanol–water partition coefficient (Wildman–Crippen LogP) is 4.62. The molecule has 3 aromatic rings. The third-order valence-corrected chi connectivity index (χ3v) is 6.18. The molecule has 0 fully saturated rings. The fourth-order valence-electron chi connectivity index (χ4n) is 2.62. The molecule has 0 aliphatic heterocycles. The second kappa shape index (κ2) is 8.63. The Morgan fingerprint density at radius 3 is 2.14 bits per heavy atom. The monoisotopic (exact) mass is 432 g/mol. The van der Waals surface area contributed by atoms with Crippen molar-refractivity contribution in [2.24, 2.45) is 0 Å². The highest BCUT2D eigenvalue weighted by molar-refractivity contribution is 7.92. The molecule has 0 saturated heterocycles. The van der Waals surface area contributed by atoms with Crippen LogP contribution in [0.4, 0.5) is 15.8 Å². The number of benzene rings is 3. The number of halogens is 2. The Hall–Kier alpha value is -2.90. The molecule has 0 atom stereocenters. The molecule has 0 aliphatic carbocycles. The van der Waals surface area contributed by atoms with Crippen LogP contribution in [0.3, 0.4) is 0 Å². The Kier molecular flexibility index (Phi) is 6.20. The van der Waals surface area contributed by atoms with Gasteiger partial charge < -0.3 is 5.32 Å². The summed E-state index contributed by atoms with van der Waals surface area (Å²) in [5, 5.41) is 2.98. The maximum Gasteiger partial charge on any atom is 0.264 e. The zero-order chi connectivity index (χ0) is 21.0. The Labute approximate surface area is 173 Å². The normalized spacial score (nSPS) is 11.1. The van der Waals surface area contributed by atoms with Crippen molar-refractivity contribution in [3.8, 4) is 0 Å². The van der Waals surface area contributed by atoms with Gasteiger partial charge in [0, 0.05) is 10.7 Å². The van der Waals surface area contributed by atoms with Gasteiger partial charge in [-0.25, -0.2) is 12.8 Å². The summed E-state index contributed by atoms with van der Waals surface area (Å²) >= 11 is 5.86. The van der Waals surface area contributed by atoms with Crippen LogP contribution in [-0.2, 0) is 14.8 Å². The van der Waals surface area contributed by atoms with E-state index in [1.807, 2.05) is 6.92 Å². The lowest BCUT2D eigenvalue weighted by Gasteiger charge is -2.24. The molecule has 0 bridgehead atoms. The molecule has 0 aliphatic rings. The molecule has 3 rings (SSSR count). The minimum Gasteiger partial charge on any atom is -0.325 e. The van der Waals surface area contributed by atoms with Crippen molar-refractivity contribution in [1.82, 2.24) is 0 Å². The predicted molar refractivity (Wildman–Crippen MR) is 112 cm³/mol. The molecule has 0 heterocycles. The molecule has 0 aromatic heterocycles. The van der Waals surface area contributed by atoms with Gasteiger partial charge in [0.25, 0.3) is 10.0 Å². The van der Waals surface area contributed by atoms with Gasteiger partial charge in [-0.2, -0.15) is 0 Å².